The molecule has 2 amide bonds. The highest BCUT2D eigenvalue weighted by Gasteiger charge is 2.22. The fourth-order valence-electron chi connectivity index (χ4n) is 3.17. The third kappa shape index (κ3) is 4.71. The highest BCUT2D eigenvalue weighted by Crippen LogP contribution is 2.33. The number of carbonyl (C=O) groups excluding carboxylic acids is 2. The Morgan fingerprint density at radius 2 is 1.75 bits per heavy atom. The van der Waals surface area contributed by atoms with Gasteiger partial charge in [0.15, 0.2) is 11.5 Å². The van der Waals surface area contributed by atoms with Crippen molar-refractivity contribution in [2.75, 3.05) is 27.3 Å². The zero-order valence-electron chi connectivity index (χ0n) is 16.1. The SMILES string of the molecule is COc1cc2c(cc1OC)CN(C(=O)CNC(=O)/C=C/c1ccccc1)CC2. The Bertz CT molecular complexity index is 878. The number of rotatable bonds is 6. The second-order valence-corrected chi connectivity index (χ2v) is 6.50. The Labute approximate surface area is 164 Å². The maximum absolute atomic E-state index is 12.5. The van der Waals surface area contributed by atoms with Gasteiger partial charge in [0, 0.05) is 19.2 Å². The van der Waals surface area contributed by atoms with Crippen molar-refractivity contribution in [3.8, 4) is 11.5 Å². The molecule has 0 fully saturated rings. The van der Waals surface area contributed by atoms with Gasteiger partial charge in [0.25, 0.3) is 0 Å². The summed E-state index contributed by atoms with van der Waals surface area (Å²) in [5.74, 6) is 0.941. The van der Waals surface area contributed by atoms with E-state index in [4.69, 9.17) is 9.47 Å². The van der Waals surface area contributed by atoms with Gasteiger partial charge in [-0.3, -0.25) is 9.59 Å². The first kappa shape index (κ1) is 19.5. The normalized spacial score (nSPS) is 13.1. The van der Waals surface area contributed by atoms with Gasteiger partial charge in [-0.25, -0.2) is 0 Å². The Morgan fingerprint density at radius 1 is 1.07 bits per heavy atom. The van der Waals surface area contributed by atoms with Gasteiger partial charge in [0.2, 0.25) is 11.8 Å². The van der Waals surface area contributed by atoms with Gasteiger partial charge >= 0.3 is 0 Å². The van der Waals surface area contributed by atoms with Crippen LogP contribution in [0.1, 0.15) is 16.7 Å². The standard InChI is InChI=1S/C22H24N2O4/c1-27-19-12-17-10-11-24(15-18(17)13-20(19)28-2)22(26)14-23-21(25)9-8-16-6-4-3-5-7-16/h3-9,12-13H,10-11,14-15H2,1-2H3,(H,23,25)/b9-8+. The summed E-state index contributed by atoms with van der Waals surface area (Å²) < 4.78 is 10.7. The molecule has 1 heterocycles. The molecular weight excluding hydrogens is 356 g/mol. The summed E-state index contributed by atoms with van der Waals surface area (Å²) in [7, 11) is 3.20. The lowest BCUT2D eigenvalue weighted by Gasteiger charge is -2.29. The van der Waals surface area contributed by atoms with Crippen LogP contribution in [0.5, 0.6) is 11.5 Å². The number of nitrogens with zero attached hydrogens (tertiary/aromatic N) is 1. The Kier molecular flexibility index (Phi) is 6.32. The maximum atomic E-state index is 12.5. The van der Waals surface area contributed by atoms with Crippen LogP contribution in [0.2, 0.25) is 0 Å². The molecule has 0 aromatic heterocycles. The predicted molar refractivity (Wildman–Crippen MR) is 107 cm³/mol. The molecule has 0 spiro atoms. The molecular formula is C22H24N2O4. The lowest BCUT2D eigenvalue weighted by Crippen LogP contribution is -2.42. The molecule has 1 N–H and O–H groups in total. The summed E-state index contributed by atoms with van der Waals surface area (Å²) >= 11 is 0. The van der Waals surface area contributed by atoms with Gasteiger partial charge in [-0.05, 0) is 41.3 Å². The first-order valence-corrected chi connectivity index (χ1v) is 9.13. The molecule has 2 aromatic carbocycles. The van der Waals surface area contributed by atoms with Crippen molar-refractivity contribution >= 4 is 17.9 Å². The van der Waals surface area contributed by atoms with Crippen molar-refractivity contribution in [3.05, 3.63) is 65.2 Å². The molecule has 0 saturated carbocycles. The van der Waals surface area contributed by atoms with E-state index in [0.717, 1.165) is 23.1 Å². The number of fused-ring (bicyclic) bond motifs is 1. The third-order valence-electron chi connectivity index (χ3n) is 4.71. The number of hydrogen-bond acceptors (Lipinski definition) is 4. The van der Waals surface area contributed by atoms with Gasteiger partial charge in [-0.15, -0.1) is 0 Å². The lowest BCUT2D eigenvalue weighted by molar-refractivity contribution is -0.132. The molecule has 2 aromatic rings. The van der Waals surface area contributed by atoms with Crippen molar-refractivity contribution in [3.63, 3.8) is 0 Å². The summed E-state index contributed by atoms with van der Waals surface area (Å²) in [5, 5.41) is 2.65. The van der Waals surface area contributed by atoms with Crippen molar-refractivity contribution in [2.45, 2.75) is 13.0 Å². The van der Waals surface area contributed by atoms with Crippen LogP contribution in [-0.2, 0) is 22.6 Å². The van der Waals surface area contributed by atoms with E-state index in [9.17, 15) is 9.59 Å². The number of amides is 2. The van der Waals surface area contributed by atoms with E-state index < -0.39 is 0 Å². The molecule has 0 saturated heterocycles. The first-order chi connectivity index (χ1) is 13.6. The fraction of sp³-hybridized carbons (Fsp3) is 0.273. The van der Waals surface area contributed by atoms with E-state index in [1.165, 1.54) is 6.08 Å². The molecule has 3 rings (SSSR count). The highest BCUT2D eigenvalue weighted by atomic mass is 16.5. The highest BCUT2D eigenvalue weighted by molar-refractivity contribution is 5.94. The fourth-order valence-corrected chi connectivity index (χ4v) is 3.17. The monoisotopic (exact) mass is 380 g/mol. The van der Waals surface area contributed by atoms with Crippen LogP contribution in [0.3, 0.4) is 0 Å². The molecule has 0 atom stereocenters. The minimum atomic E-state index is -0.291. The van der Waals surface area contributed by atoms with Crippen molar-refractivity contribution < 1.29 is 19.1 Å². The molecule has 6 nitrogen and oxygen atoms in total. The van der Waals surface area contributed by atoms with Crippen molar-refractivity contribution in [1.82, 2.24) is 10.2 Å². The van der Waals surface area contributed by atoms with E-state index >= 15 is 0 Å². The zero-order chi connectivity index (χ0) is 19.9. The van der Waals surface area contributed by atoms with Gasteiger partial charge in [-0.1, -0.05) is 30.3 Å². The van der Waals surface area contributed by atoms with E-state index in [1.54, 1.807) is 25.2 Å². The number of carbonyl (C=O) groups is 2. The summed E-state index contributed by atoms with van der Waals surface area (Å²) in [6.07, 6.45) is 3.89. The molecule has 0 bridgehead atoms. The molecule has 28 heavy (non-hydrogen) atoms. The number of ether oxygens (including phenoxy) is 2. The maximum Gasteiger partial charge on any atom is 0.244 e. The minimum Gasteiger partial charge on any atom is -0.493 e. The van der Waals surface area contributed by atoms with Crippen LogP contribution in [0.4, 0.5) is 0 Å². The first-order valence-electron chi connectivity index (χ1n) is 9.13. The average Bonchev–Trinajstić information content (AvgIpc) is 2.75. The Hall–Kier alpha value is -3.28. The number of nitrogens with one attached hydrogen (secondary N) is 1. The smallest absolute Gasteiger partial charge is 0.244 e. The van der Waals surface area contributed by atoms with Crippen LogP contribution in [0.15, 0.2) is 48.5 Å². The largest absolute Gasteiger partial charge is 0.493 e. The lowest BCUT2D eigenvalue weighted by atomic mass is 9.98. The van der Waals surface area contributed by atoms with Crippen LogP contribution in [0, 0.1) is 0 Å². The van der Waals surface area contributed by atoms with Gasteiger partial charge < -0.3 is 19.7 Å². The van der Waals surface area contributed by atoms with Crippen molar-refractivity contribution in [2.24, 2.45) is 0 Å². The van der Waals surface area contributed by atoms with Crippen LogP contribution >= 0.6 is 0 Å². The summed E-state index contributed by atoms with van der Waals surface area (Å²) in [4.78, 5) is 26.2. The van der Waals surface area contributed by atoms with Gasteiger partial charge in [0.1, 0.15) is 0 Å². The second kappa shape index (κ2) is 9.08. The number of hydrogen-bond donors (Lipinski definition) is 1. The molecule has 0 unspecified atom stereocenters. The molecule has 1 aliphatic rings. The Morgan fingerprint density at radius 3 is 2.43 bits per heavy atom. The van der Waals surface area contributed by atoms with Crippen LogP contribution < -0.4 is 14.8 Å². The summed E-state index contributed by atoms with van der Waals surface area (Å²) in [5.41, 5.74) is 3.12. The molecule has 146 valence electrons. The Balaban J connectivity index is 1.56. The molecule has 0 aliphatic carbocycles. The number of methoxy groups -OCH3 is 2. The van der Waals surface area contributed by atoms with E-state index in [1.807, 2.05) is 42.5 Å². The van der Waals surface area contributed by atoms with E-state index in [0.29, 0.717) is 24.6 Å². The average molecular weight is 380 g/mol. The second-order valence-electron chi connectivity index (χ2n) is 6.50. The summed E-state index contributed by atoms with van der Waals surface area (Å²) in [6, 6.07) is 13.4. The zero-order valence-corrected chi connectivity index (χ0v) is 16.1. The molecule has 0 radical (unpaired) electrons. The topological polar surface area (TPSA) is 67.9 Å². The predicted octanol–water partition coefficient (Wildman–Crippen LogP) is 2.42. The van der Waals surface area contributed by atoms with Crippen molar-refractivity contribution in [1.29, 1.82) is 0 Å². The molecule has 1 aliphatic heterocycles. The minimum absolute atomic E-state index is 0.0272. The quantitative estimate of drug-likeness (QED) is 0.782. The molecule has 6 heteroatoms. The van der Waals surface area contributed by atoms with E-state index in [2.05, 4.69) is 5.32 Å². The third-order valence-corrected chi connectivity index (χ3v) is 4.71. The van der Waals surface area contributed by atoms with Gasteiger partial charge in [-0.2, -0.15) is 0 Å². The number of benzene rings is 2. The van der Waals surface area contributed by atoms with Gasteiger partial charge in [0.05, 0.1) is 20.8 Å². The summed E-state index contributed by atoms with van der Waals surface area (Å²) in [6.45, 7) is 1.07. The van der Waals surface area contributed by atoms with Crippen LogP contribution in [0.25, 0.3) is 6.08 Å². The van der Waals surface area contributed by atoms with E-state index in [-0.39, 0.29) is 18.4 Å². The van der Waals surface area contributed by atoms with Crippen LogP contribution in [-0.4, -0.2) is 44.0 Å².